The van der Waals surface area contributed by atoms with Crippen LogP contribution in [0.25, 0.3) is 0 Å². The molecule has 0 aliphatic carbocycles. The molecule has 0 heterocycles. The molecule has 0 unspecified atom stereocenters. The van der Waals surface area contributed by atoms with Crippen LogP contribution in [0.4, 0.5) is 4.79 Å². The maximum absolute atomic E-state index is 12.4. The van der Waals surface area contributed by atoms with Crippen LogP contribution in [-0.4, -0.2) is 24.0 Å². The lowest BCUT2D eigenvalue weighted by Gasteiger charge is -2.20. The second-order valence-electron chi connectivity index (χ2n) is 5.32. The zero-order valence-corrected chi connectivity index (χ0v) is 13.7. The van der Waals surface area contributed by atoms with Gasteiger partial charge in [-0.3, -0.25) is 4.79 Å². The number of hydrogen-bond acceptors (Lipinski definition) is 1. The minimum atomic E-state index is -0.162. The average Bonchev–Trinajstić information content (AvgIpc) is 2.62. The largest absolute Gasteiger partial charge is 0.412 e. The molecule has 0 spiro atoms. The lowest BCUT2D eigenvalue weighted by atomic mass is 9.69. The topological polar surface area (TPSA) is 92.1 Å². The number of hydrogen-bond donors (Lipinski definition) is 1. The molecule has 1 radical (unpaired) electrons. The van der Waals surface area contributed by atoms with Crippen molar-refractivity contribution in [3.8, 4) is 0 Å². The summed E-state index contributed by atoms with van der Waals surface area (Å²) >= 11 is 0. The van der Waals surface area contributed by atoms with E-state index in [4.69, 9.17) is 0 Å². The van der Waals surface area contributed by atoms with Gasteiger partial charge in [-0.25, -0.2) is 0 Å². The fraction of sp³-hybridized carbons (Fsp3) is 0.0500. The maximum Gasteiger partial charge on any atom is 0.271 e. The van der Waals surface area contributed by atoms with Crippen molar-refractivity contribution in [2.75, 3.05) is 0 Å². The van der Waals surface area contributed by atoms with Crippen LogP contribution in [0.2, 0.25) is 0 Å². The molecule has 0 saturated carbocycles. The third-order valence-electron chi connectivity index (χ3n) is 3.65. The van der Waals surface area contributed by atoms with Crippen molar-refractivity contribution in [1.29, 1.82) is 0 Å². The van der Waals surface area contributed by atoms with E-state index >= 15 is 0 Å². The van der Waals surface area contributed by atoms with Crippen molar-refractivity contribution in [3.05, 3.63) is 102 Å². The maximum atomic E-state index is 12.4. The molecule has 1 amide bonds. The first kappa shape index (κ1) is 20.2. The van der Waals surface area contributed by atoms with E-state index in [0.29, 0.717) is 0 Å². The van der Waals surface area contributed by atoms with Gasteiger partial charge in [-0.05, 0) is 11.1 Å². The normalized spacial score (nSPS) is 9.48. The van der Waals surface area contributed by atoms with Gasteiger partial charge in [-0.2, -0.15) is 0 Å². The van der Waals surface area contributed by atoms with E-state index in [2.05, 4.69) is 5.32 Å². The zero-order valence-electron chi connectivity index (χ0n) is 13.7. The Morgan fingerprint density at radius 3 is 1.52 bits per heavy atom. The summed E-state index contributed by atoms with van der Waals surface area (Å²) in [6.07, 6.45) is 0. The standard InChI is InChI=1S/C20H17BNO.2H2O/c23-20(21-18-14-8-3-9-15-18)22-19(16-10-4-1-5-11-16)17-12-6-2-7-13-17;;/h1-15,19H,(H,22,23);2*1H2. The molecule has 25 heavy (non-hydrogen) atoms. The van der Waals surface area contributed by atoms with Crippen molar-refractivity contribution in [2.24, 2.45) is 0 Å². The molecule has 0 aromatic heterocycles. The Kier molecular flexibility index (Phi) is 8.13. The highest BCUT2D eigenvalue weighted by Gasteiger charge is 2.17. The van der Waals surface area contributed by atoms with Gasteiger partial charge in [0.2, 0.25) is 0 Å². The van der Waals surface area contributed by atoms with Gasteiger partial charge >= 0.3 is 0 Å². The summed E-state index contributed by atoms with van der Waals surface area (Å²) in [5, 5.41) is 3.10. The molecule has 0 bridgehead atoms. The Labute approximate surface area is 148 Å². The second-order valence-corrected chi connectivity index (χ2v) is 5.32. The Morgan fingerprint density at radius 1 is 0.680 bits per heavy atom. The molecule has 127 valence electrons. The summed E-state index contributed by atoms with van der Waals surface area (Å²) in [5.41, 5.74) is 3.02. The van der Waals surface area contributed by atoms with E-state index in [9.17, 15) is 4.79 Å². The highest BCUT2D eigenvalue weighted by molar-refractivity contribution is 6.83. The number of carbonyl (C=O) groups is 1. The van der Waals surface area contributed by atoms with Crippen molar-refractivity contribution >= 4 is 18.5 Å². The van der Waals surface area contributed by atoms with E-state index in [1.165, 1.54) is 0 Å². The van der Waals surface area contributed by atoms with Gasteiger partial charge < -0.3 is 16.3 Å². The first-order valence-electron chi connectivity index (χ1n) is 7.63. The van der Waals surface area contributed by atoms with Gasteiger partial charge in [0.15, 0.2) is 5.81 Å². The second kappa shape index (κ2) is 10.1. The predicted octanol–water partition coefficient (Wildman–Crippen LogP) is 1.87. The molecule has 0 atom stereocenters. The Bertz CT molecular complexity index is 712. The lowest BCUT2D eigenvalue weighted by Crippen LogP contribution is -2.36. The molecule has 0 aliphatic heterocycles. The average molecular weight is 334 g/mol. The molecule has 0 aliphatic rings. The van der Waals surface area contributed by atoms with Gasteiger partial charge in [0, 0.05) is 0 Å². The number of benzene rings is 3. The van der Waals surface area contributed by atoms with E-state index in [1.54, 1.807) is 7.28 Å². The van der Waals surface area contributed by atoms with Crippen molar-refractivity contribution in [2.45, 2.75) is 6.04 Å². The summed E-state index contributed by atoms with van der Waals surface area (Å²) in [5.74, 6) is -0.103. The van der Waals surface area contributed by atoms with Crippen LogP contribution >= 0.6 is 0 Å². The van der Waals surface area contributed by atoms with Gasteiger partial charge in [-0.1, -0.05) is 96.5 Å². The molecule has 0 saturated heterocycles. The SMILES string of the molecule is O.O.O=C([B]c1ccccc1)NC(c1ccccc1)c1ccccc1. The first-order chi connectivity index (χ1) is 11.3. The van der Waals surface area contributed by atoms with Crippen LogP contribution in [0.5, 0.6) is 0 Å². The summed E-state index contributed by atoms with van der Waals surface area (Å²) in [6.45, 7) is 0. The molecule has 3 rings (SSSR count). The Hall–Kier alpha value is -2.89. The zero-order chi connectivity index (χ0) is 15.9. The van der Waals surface area contributed by atoms with Crippen molar-refractivity contribution < 1.29 is 15.7 Å². The third-order valence-corrected chi connectivity index (χ3v) is 3.65. The molecule has 0 fully saturated rings. The Morgan fingerprint density at radius 2 is 1.08 bits per heavy atom. The highest BCUT2D eigenvalue weighted by Crippen LogP contribution is 2.21. The van der Waals surface area contributed by atoms with E-state index in [-0.39, 0.29) is 22.8 Å². The van der Waals surface area contributed by atoms with Crippen LogP contribution in [0.1, 0.15) is 17.2 Å². The van der Waals surface area contributed by atoms with E-state index in [1.807, 2.05) is 91.0 Å². The fourth-order valence-electron chi connectivity index (χ4n) is 2.53. The quantitative estimate of drug-likeness (QED) is 0.709. The lowest BCUT2D eigenvalue weighted by molar-refractivity contribution is 0.257. The molecule has 3 aromatic rings. The summed E-state index contributed by atoms with van der Waals surface area (Å²) in [7, 11) is 1.62. The van der Waals surface area contributed by atoms with Gasteiger partial charge in [0.25, 0.3) is 7.28 Å². The highest BCUT2D eigenvalue weighted by atomic mass is 16.1. The predicted molar refractivity (Wildman–Crippen MR) is 102 cm³/mol. The minimum Gasteiger partial charge on any atom is -0.412 e. The number of rotatable bonds is 5. The molecule has 5 heteroatoms. The van der Waals surface area contributed by atoms with Crippen molar-refractivity contribution in [3.63, 3.8) is 0 Å². The van der Waals surface area contributed by atoms with Gasteiger partial charge in [-0.15, -0.1) is 0 Å². The van der Waals surface area contributed by atoms with Crippen molar-refractivity contribution in [1.82, 2.24) is 5.32 Å². The molecular formula is C20H21BNO3. The smallest absolute Gasteiger partial charge is 0.271 e. The van der Waals surface area contributed by atoms with E-state index in [0.717, 1.165) is 16.6 Å². The summed E-state index contributed by atoms with van der Waals surface area (Å²) in [6, 6.07) is 29.5. The summed E-state index contributed by atoms with van der Waals surface area (Å²) < 4.78 is 0. The fourth-order valence-corrected chi connectivity index (χ4v) is 2.53. The summed E-state index contributed by atoms with van der Waals surface area (Å²) in [4.78, 5) is 12.4. The van der Waals surface area contributed by atoms with Crippen LogP contribution in [0.3, 0.4) is 0 Å². The van der Waals surface area contributed by atoms with Crippen LogP contribution in [0.15, 0.2) is 91.0 Å². The Balaban J connectivity index is 0.00000156. The molecule has 3 aromatic carbocycles. The number of nitrogens with one attached hydrogen (secondary N) is 1. The van der Waals surface area contributed by atoms with Crippen LogP contribution in [-0.2, 0) is 0 Å². The van der Waals surface area contributed by atoms with Crippen LogP contribution in [0, 0.1) is 0 Å². The van der Waals surface area contributed by atoms with Gasteiger partial charge in [0.05, 0.1) is 6.04 Å². The number of carbonyl (C=O) groups excluding carboxylic acids is 1. The molecular weight excluding hydrogens is 313 g/mol. The minimum absolute atomic E-state index is 0. The van der Waals surface area contributed by atoms with E-state index < -0.39 is 0 Å². The monoisotopic (exact) mass is 334 g/mol. The molecule has 4 nitrogen and oxygen atoms in total. The number of amides is 1. The van der Waals surface area contributed by atoms with Gasteiger partial charge in [0.1, 0.15) is 0 Å². The first-order valence-corrected chi connectivity index (χ1v) is 7.63. The molecule has 5 N–H and O–H groups in total. The third kappa shape index (κ3) is 5.60. The van der Waals surface area contributed by atoms with Crippen LogP contribution < -0.4 is 10.8 Å².